The highest BCUT2D eigenvalue weighted by atomic mass is 19.4. The molecular formula is C22H23F3N6O2. The van der Waals surface area contributed by atoms with Gasteiger partial charge in [-0.15, -0.1) is 23.4 Å². The van der Waals surface area contributed by atoms with Gasteiger partial charge in [0.15, 0.2) is 5.82 Å². The van der Waals surface area contributed by atoms with Gasteiger partial charge >= 0.3 is 6.36 Å². The monoisotopic (exact) mass is 460 g/mol. The predicted molar refractivity (Wildman–Crippen MR) is 112 cm³/mol. The van der Waals surface area contributed by atoms with E-state index in [0.717, 1.165) is 17.9 Å². The van der Waals surface area contributed by atoms with E-state index >= 15 is 0 Å². The standard InChI is InChI=1S/C22H23F3N6O2/c1-15(27-21(32)17-3-2-9-26-13-17)20-29-28-19-8-10-30(11-12-31(19)20)14-16-4-6-18(7-5-16)33-22(23,24)25/h2-7,9,13,15H,8,10-12,14H2,1H3,(H,27,32). The number of carbonyl (C=O) groups is 1. The highest BCUT2D eigenvalue weighted by Crippen LogP contribution is 2.23. The van der Waals surface area contributed by atoms with Crippen LogP contribution in [-0.2, 0) is 19.5 Å². The van der Waals surface area contributed by atoms with Crippen LogP contribution >= 0.6 is 0 Å². The molecule has 0 saturated carbocycles. The van der Waals surface area contributed by atoms with Gasteiger partial charge in [-0.05, 0) is 36.8 Å². The molecule has 1 aliphatic rings. The Morgan fingerprint density at radius 1 is 1.15 bits per heavy atom. The number of fused-ring (bicyclic) bond motifs is 1. The summed E-state index contributed by atoms with van der Waals surface area (Å²) in [7, 11) is 0. The molecule has 3 aromatic rings. The van der Waals surface area contributed by atoms with Crippen molar-refractivity contribution in [2.45, 2.75) is 38.8 Å². The minimum atomic E-state index is -4.70. The van der Waals surface area contributed by atoms with Crippen molar-refractivity contribution in [1.82, 2.24) is 30.0 Å². The van der Waals surface area contributed by atoms with Gasteiger partial charge in [0, 0.05) is 45.0 Å². The maximum Gasteiger partial charge on any atom is 0.573 e. The smallest absolute Gasteiger partial charge is 0.406 e. The number of ether oxygens (including phenoxy) is 1. The Bertz CT molecular complexity index is 1090. The third-order valence-electron chi connectivity index (χ3n) is 5.37. The summed E-state index contributed by atoms with van der Waals surface area (Å²) in [6, 6.07) is 8.96. The fourth-order valence-corrected chi connectivity index (χ4v) is 3.76. The van der Waals surface area contributed by atoms with Crippen LogP contribution < -0.4 is 10.1 Å². The Morgan fingerprint density at radius 3 is 2.64 bits per heavy atom. The van der Waals surface area contributed by atoms with Gasteiger partial charge in [0.25, 0.3) is 5.91 Å². The average Bonchev–Trinajstić information content (AvgIpc) is 3.09. The summed E-state index contributed by atoms with van der Waals surface area (Å²) >= 11 is 0. The van der Waals surface area contributed by atoms with E-state index in [-0.39, 0.29) is 17.7 Å². The molecule has 1 aliphatic heterocycles. The summed E-state index contributed by atoms with van der Waals surface area (Å²) in [4.78, 5) is 18.6. The first kappa shape index (κ1) is 22.7. The SMILES string of the molecule is CC(NC(=O)c1cccnc1)c1nnc2n1CCN(Cc1ccc(OC(F)(F)F)cc1)CC2. The highest BCUT2D eigenvalue weighted by molar-refractivity contribution is 5.94. The summed E-state index contributed by atoms with van der Waals surface area (Å²) in [6.07, 6.45) is -0.917. The van der Waals surface area contributed by atoms with E-state index in [0.29, 0.717) is 37.4 Å². The average molecular weight is 460 g/mol. The summed E-state index contributed by atoms with van der Waals surface area (Å²) in [5.41, 5.74) is 1.36. The molecule has 3 heterocycles. The van der Waals surface area contributed by atoms with Crippen molar-refractivity contribution in [3.05, 3.63) is 71.6 Å². The van der Waals surface area contributed by atoms with Gasteiger partial charge < -0.3 is 14.6 Å². The van der Waals surface area contributed by atoms with Crippen LogP contribution in [0.4, 0.5) is 13.2 Å². The fraction of sp³-hybridized carbons (Fsp3) is 0.364. The lowest BCUT2D eigenvalue weighted by Crippen LogP contribution is -2.30. The molecule has 0 spiro atoms. The number of benzene rings is 1. The van der Waals surface area contributed by atoms with Crippen molar-refractivity contribution in [3.8, 4) is 5.75 Å². The number of hydrogen-bond donors (Lipinski definition) is 1. The minimum absolute atomic E-state index is 0.235. The number of amides is 1. The quantitative estimate of drug-likeness (QED) is 0.609. The van der Waals surface area contributed by atoms with Gasteiger partial charge in [0.05, 0.1) is 11.6 Å². The van der Waals surface area contributed by atoms with Gasteiger partial charge in [0.2, 0.25) is 0 Å². The van der Waals surface area contributed by atoms with Crippen molar-refractivity contribution in [1.29, 1.82) is 0 Å². The predicted octanol–water partition coefficient (Wildman–Crippen LogP) is 3.12. The Kier molecular flexibility index (Phi) is 6.59. The normalized spacial score (nSPS) is 15.4. The van der Waals surface area contributed by atoms with E-state index in [1.807, 2.05) is 11.5 Å². The molecule has 0 saturated heterocycles. The highest BCUT2D eigenvalue weighted by Gasteiger charge is 2.31. The summed E-state index contributed by atoms with van der Waals surface area (Å²) < 4.78 is 43.0. The Morgan fingerprint density at radius 2 is 1.94 bits per heavy atom. The molecule has 4 rings (SSSR count). The third kappa shape index (κ3) is 5.86. The molecule has 174 valence electrons. The Labute approximate surface area is 188 Å². The number of alkyl halides is 3. The number of pyridine rings is 1. The number of hydrogen-bond acceptors (Lipinski definition) is 6. The number of carbonyl (C=O) groups excluding carboxylic acids is 1. The van der Waals surface area contributed by atoms with Crippen LogP contribution in [0, 0.1) is 0 Å². The first-order valence-electron chi connectivity index (χ1n) is 10.5. The van der Waals surface area contributed by atoms with E-state index in [2.05, 4.69) is 30.1 Å². The second kappa shape index (κ2) is 9.57. The van der Waals surface area contributed by atoms with Gasteiger partial charge in [-0.3, -0.25) is 14.7 Å². The molecule has 0 radical (unpaired) electrons. The number of aromatic nitrogens is 4. The van der Waals surface area contributed by atoms with E-state index in [9.17, 15) is 18.0 Å². The van der Waals surface area contributed by atoms with Crippen molar-refractivity contribution in [2.24, 2.45) is 0 Å². The molecule has 0 aliphatic carbocycles. The van der Waals surface area contributed by atoms with Crippen LogP contribution in [-0.4, -0.2) is 50.0 Å². The van der Waals surface area contributed by atoms with Crippen molar-refractivity contribution in [2.75, 3.05) is 13.1 Å². The van der Waals surface area contributed by atoms with E-state index in [1.165, 1.54) is 18.3 Å². The maximum atomic E-state index is 12.5. The van der Waals surface area contributed by atoms with E-state index < -0.39 is 6.36 Å². The second-order valence-corrected chi connectivity index (χ2v) is 7.78. The first-order chi connectivity index (χ1) is 15.8. The van der Waals surface area contributed by atoms with Crippen LogP contribution in [0.15, 0.2) is 48.8 Å². The van der Waals surface area contributed by atoms with Crippen molar-refractivity contribution >= 4 is 5.91 Å². The molecule has 1 unspecified atom stereocenters. The van der Waals surface area contributed by atoms with Crippen molar-refractivity contribution < 1.29 is 22.7 Å². The molecule has 1 aromatic carbocycles. The lowest BCUT2D eigenvalue weighted by atomic mass is 10.2. The second-order valence-electron chi connectivity index (χ2n) is 7.78. The number of nitrogens with one attached hydrogen (secondary N) is 1. The number of halogens is 3. The fourth-order valence-electron chi connectivity index (χ4n) is 3.76. The number of nitrogens with zero attached hydrogens (tertiary/aromatic N) is 5. The molecule has 8 nitrogen and oxygen atoms in total. The first-order valence-corrected chi connectivity index (χ1v) is 10.5. The van der Waals surface area contributed by atoms with Gasteiger partial charge in [0.1, 0.15) is 11.6 Å². The third-order valence-corrected chi connectivity index (χ3v) is 5.37. The zero-order valence-electron chi connectivity index (χ0n) is 17.9. The van der Waals surface area contributed by atoms with Gasteiger partial charge in [-0.2, -0.15) is 0 Å². The van der Waals surface area contributed by atoms with Crippen LogP contribution in [0.5, 0.6) is 5.75 Å². The van der Waals surface area contributed by atoms with E-state index in [4.69, 9.17) is 0 Å². The van der Waals surface area contributed by atoms with Gasteiger partial charge in [-0.1, -0.05) is 12.1 Å². The largest absolute Gasteiger partial charge is 0.573 e. The Hall–Kier alpha value is -3.47. The molecule has 0 bridgehead atoms. The summed E-state index contributed by atoms with van der Waals surface area (Å²) in [6.45, 7) is 4.53. The van der Waals surface area contributed by atoms with E-state index in [1.54, 1.807) is 30.5 Å². The summed E-state index contributed by atoms with van der Waals surface area (Å²) in [5, 5.41) is 11.5. The topological polar surface area (TPSA) is 85.2 Å². The molecule has 33 heavy (non-hydrogen) atoms. The lowest BCUT2D eigenvalue weighted by Gasteiger charge is -2.20. The molecule has 1 N–H and O–H groups in total. The van der Waals surface area contributed by atoms with Crippen LogP contribution in [0.1, 0.15) is 40.5 Å². The molecule has 11 heteroatoms. The molecule has 1 atom stereocenters. The van der Waals surface area contributed by atoms with Crippen LogP contribution in [0.25, 0.3) is 0 Å². The molecule has 2 aromatic heterocycles. The van der Waals surface area contributed by atoms with Crippen molar-refractivity contribution in [3.63, 3.8) is 0 Å². The zero-order valence-corrected chi connectivity index (χ0v) is 17.9. The summed E-state index contributed by atoms with van der Waals surface area (Å²) in [5.74, 6) is 1.04. The maximum absolute atomic E-state index is 12.5. The minimum Gasteiger partial charge on any atom is -0.406 e. The zero-order chi connectivity index (χ0) is 23.4. The van der Waals surface area contributed by atoms with Crippen LogP contribution in [0.2, 0.25) is 0 Å². The molecule has 1 amide bonds. The van der Waals surface area contributed by atoms with Gasteiger partial charge in [-0.25, -0.2) is 0 Å². The lowest BCUT2D eigenvalue weighted by molar-refractivity contribution is -0.274. The molecule has 0 fully saturated rings. The number of rotatable bonds is 6. The Balaban J connectivity index is 1.36. The van der Waals surface area contributed by atoms with Crippen LogP contribution in [0.3, 0.4) is 0 Å². The molecular weight excluding hydrogens is 437 g/mol.